The van der Waals surface area contributed by atoms with Gasteiger partial charge in [0.1, 0.15) is 16.6 Å². The number of rotatable bonds is 2. The van der Waals surface area contributed by atoms with Gasteiger partial charge in [0, 0.05) is 11.6 Å². The van der Waals surface area contributed by atoms with Gasteiger partial charge in [-0.1, -0.05) is 23.2 Å². The van der Waals surface area contributed by atoms with Gasteiger partial charge in [0.2, 0.25) is 0 Å². The van der Waals surface area contributed by atoms with Crippen molar-refractivity contribution in [2.24, 2.45) is 5.73 Å². The van der Waals surface area contributed by atoms with Gasteiger partial charge in [-0.25, -0.2) is 9.97 Å². The molecule has 2 N–H and O–H groups in total. The second-order valence-electron chi connectivity index (χ2n) is 2.62. The van der Waals surface area contributed by atoms with Gasteiger partial charge in [-0.05, 0) is 13.3 Å². The molecule has 1 heterocycles. The highest BCUT2D eigenvalue weighted by atomic mass is 35.5. The summed E-state index contributed by atoms with van der Waals surface area (Å²) in [5.41, 5.74) is 6.31. The van der Waals surface area contributed by atoms with E-state index >= 15 is 0 Å². The van der Waals surface area contributed by atoms with Crippen LogP contribution in [0.25, 0.3) is 0 Å². The van der Waals surface area contributed by atoms with Crippen molar-refractivity contribution in [3.05, 3.63) is 22.2 Å². The van der Waals surface area contributed by atoms with Crippen LogP contribution < -0.4 is 5.73 Å². The lowest BCUT2D eigenvalue weighted by Gasteiger charge is -2.06. The quantitative estimate of drug-likeness (QED) is 0.748. The van der Waals surface area contributed by atoms with Crippen LogP contribution in [-0.2, 0) is 6.42 Å². The molecule has 3 nitrogen and oxygen atoms in total. The summed E-state index contributed by atoms with van der Waals surface area (Å²) < 4.78 is 0. The van der Waals surface area contributed by atoms with Crippen molar-refractivity contribution >= 4 is 23.2 Å². The third-order valence-electron chi connectivity index (χ3n) is 1.37. The molecule has 1 aromatic heterocycles. The molecule has 1 atom stereocenters. The van der Waals surface area contributed by atoms with Gasteiger partial charge in [0.05, 0.1) is 0 Å². The third-order valence-corrected chi connectivity index (χ3v) is 2.02. The second kappa shape index (κ2) is 4.03. The zero-order chi connectivity index (χ0) is 9.14. The maximum absolute atomic E-state index is 5.78. The molecule has 5 heteroatoms. The van der Waals surface area contributed by atoms with E-state index in [2.05, 4.69) is 9.97 Å². The molecule has 0 aliphatic rings. The van der Waals surface area contributed by atoms with Gasteiger partial charge in [-0.3, -0.25) is 0 Å². The first-order valence-corrected chi connectivity index (χ1v) is 4.27. The lowest BCUT2D eigenvalue weighted by Crippen LogP contribution is -2.18. The molecule has 1 rings (SSSR count). The minimum absolute atomic E-state index is 0.00556. The highest BCUT2D eigenvalue weighted by Crippen LogP contribution is 2.20. The molecular formula is C7H9Cl2N3. The molecule has 1 aromatic rings. The first-order valence-electron chi connectivity index (χ1n) is 3.51. The van der Waals surface area contributed by atoms with Crippen LogP contribution in [0.5, 0.6) is 0 Å². The summed E-state index contributed by atoms with van der Waals surface area (Å²) in [6, 6.07) is 0.00556. The molecule has 0 fully saturated rings. The molecule has 12 heavy (non-hydrogen) atoms. The van der Waals surface area contributed by atoms with E-state index in [0.717, 1.165) is 5.56 Å². The number of hydrogen-bond donors (Lipinski definition) is 1. The van der Waals surface area contributed by atoms with Crippen LogP contribution in [-0.4, -0.2) is 16.0 Å². The summed E-state index contributed by atoms with van der Waals surface area (Å²) in [4.78, 5) is 7.61. The molecular weight excluding hydrogens is 197 g/mol. The lowest BCUT2D eigenvalue weighted by molar-refractivity contribution is 0.732. The fraction of sp³-hybridized carbons (Fsp3) is 0.429. The molecule has 0 saturated carbocycles. The predicted molar refractivity (Wildman–Crippen MR) is 49.4 cm³/mol. The average Bonchev–Trinajstić information content (AvgIpc) is 1.97. The molecule has 0 bridgehead atoms. The average molecular weight is 206 g/mol. The Morgan fingerprint density at radius 2 is 1.92 bits per heavy atom. The van der Waals surface area contributed by atoms with Crippen molar-refractivity contribution in [1.82, 2.24) is 9.97 Å². The Balaban J connectivity index is 2.96. The Bertz CT molecular complexity index is 255. The Kier molecular flexibility index (Phi) is 3.26. The molecule has 0 amide bonds. The van der Waals surface area contributed by atoms with Crippen molar-refractivity contribution in [3.8, 4) is 0 Å². The normalized spacial score (nSPS) is 13.0. The molecule has 0 spiro atoms. The molecule has 0 aliphatic heterocycles. The molecule has 0 aromatic carbocycles. The first-order chi connectivity index (χ1) is 5.61. The van der Waals surface area contributed by atoms with Gasteiger partial charge in [0.25, 0.3) is 0 Å². The largest absolute Gasteiger partial charge is 0.328 e. The molecule has 0 aliphatic carbocycles. The van der Waals surface area contributed by atoms with Gasteiger partial charge in [-0.2, -0.15) is 0 Å². The molecule has 0 radical (unpaired) electrons. The van der Waals surface area contributed by atoms with Crippen LogP contribution in [0.4, 0.5) is 0 Å². The number of halogens is 2. The topological polar surface area (TPSA) is 51.8 Å². The highest BCUT2D eigenvalue weighted by Gasteiger charge is 2.09. The van der Waals surface area contributed by atoms with Gasteiger partial charge in [0.15, 0.2) is 0 Å². The van der Waals surface area contributed by atoms with Crippen molar-refractivity contribution in [3.63, 3.8) is 0 Å². The van der Waals surface area contributed by atoms with Crippen LogP contribution in [0.2, 0.25) is 10.3 Å². The summed E-state index contributed by atoms with van der Waals surface area (Å²) in [7, 11) is 0. The van der Waals surface area contributed by atoms with E-state index in [1.165, 1.54) is 6.33 Å². The zero-order valence-electron chi connectivity index (χ0n) is 6.59. The Morgan fingerprint density at radius 1 is 1.42 bits per heavy atom. The second-order valence-corrected chi connectivity index (χ2v) is 3.33. The van der Waals surface area contributed by atoms with Crippen molar-refractivity contribution in [2.45, 2.75) is 19.4 Å². The van der Waals surface area contributed by atoms with E-state index in [4.69, 9.17) is 28.9 Å². The van der Waals surface area contributed by atoms with Crippen molar-refractivity contribution in [2.75, 3.05) is 0 Å². The molecule has 66 valence electrons. The summed E-state index contributed by atoms with van der Waals surface area (Å²) in [6.45, 7) is 1.87. The van der Waals surface area contributed by atoms with Gasteiger partial charge >= 0.3 is 0 Å². The number of nitrogens with two attached hydrogens (primary N) is 1. The van der Waals surface area contributed by atoms with Crippen LogP contribution in [0.1, 0.15) is 12.5 Å². The highest BCUT2D eigenvalue weighted by molar-refractivity contribution is 6.34. The van der Waals surface area contributed by atoms with Crippen LogP contribution in [0.15, 0.2) is 6.33 Å². The Morgan fingerprint density at radius 3 is 2.33 bits per heavy atom. The standard InChI is InChI=1S/C7H9Cl2N3/c1-4(10)2-5-6(8)11-3-12-7(5)9/h3-4H,2,10H2,1H3/t4-/m1/s1. The zero-order valence-corrected chi connectivity index (χ0v) is 8.10. The number of hydrogen-bond acceptors (Lipinski definition) is 3. The molecule has 0 unspecified atom stereocenters. The van der Waals surface area contributed by atoms with E-state index in [0.29, 0.717) is 16.7 Å². The summed E-state index contributed by atoms with van der Waals surface area (Å²) in [6.07, 6.45) is 1.92. The number of nitrogens with zero attached hydrogens (tertiary/aromatic N) is 2. The van der Waals surface area contributed by atoms with E-state index in [9.17, 15) is 0 Å². The minimum atomic E-state index is 0.00556. The van der Waals surface area contributed by atoms with Gasteiger partial charge in [-0.15, -0.1) is 0 Å². The summed E-state index contributed by atoms with van der Waals surface area (Å²) in [5, 5.41) is 0.764. The molecule has 0 saturated heterocycles. The fourth-order valence-corrected chi connectivity index (χ4v) is 1.33. The SMILES string of the molecule is C[C@@H](N)Cc1c(Cl)ncnc1Cl. The summed E-state index contributed by atoms with van der Waals surface area (Å²) >= 11 is 11.6. The van der Waals surface area contributed by atoms with Crippen molar-refractivity contribution in [1.29, 1.82) is 0 Å². The first kappa shape index (κ1) is 9.71. The number of aromatic nitrogens is 2. The van der Waals surface area contributed by atoms with Gasteiger partial charge < -0.3 is 5.73 Å². The van der Waals surface area contributed by atoms with E-state index < -0.39 is 0 Å². The monoisotopic (exact) mass is 205 g/mol. The fourth-order valence-electron chi connectivity index (χ4n) is 0.862. The minimum Gasteiger partial charge on any atom is -0.328 e. The maximum atomic E-state index is 5.78. The van der Waals surface area contributed by atoms with E-state index in [1.54, 1.807) is 0 Å². The van der Waals surface area contributed by atoms with Crippen molar-refractivity contribution < 1.29 is 0 Å². The smallest absolute Gasteiger partial charge is 0.137 e. The third kappa shape index (κ3) is 2.30. The Labute approximate surface area is 80.9 Å². The summed E-state index contributed by atoms with van der Waals surface area (Å²) in [5.74, 6) is 0. The van der Waals surface area contributed by atoms with Crippen LogP contribution in [0.3, 0.4) is 0 Å². The van der Waals surface area contributed by atoms with E-state index in [-0.39, 0.29) is 6.04 Å². The van der Waals surface area contributed by atoms with Crippen LogP contribution >= 0.6 is 23.2 Å². The lowest BCUT2D eigenvalue weighted by atomic mass is 10.1. The maximum Gasteiger partial charge on any atom is 0.137 e. The van der Waals surface area contributed by atoms with E-state index in [1.807, 2.05) is 6.92 Å². The Hall–Kier alpha value is -0.380. The van der Waals surface area contributed by atoms with Crippen LogP contribution in [0, 0.1) is 0 Å². The predicted octanol–water partition coefficient (Wildman–Crippen LogP) is 1.67.